The third kappa shape index (κ3) is 12.3. The lowest BCUT2D eigenvalue weighted by Crippen LogP contribution is -2.57. The minimum absolute atomic E-state index is 0.244. The van der Waals surface area contributed by atoms with Crippen molar-refractivity contribution < 1.29 is 48.9 Å². The molecule has 0 aromatic rings. The molecule has 5 unspecified atom stereocenters. The van der Waals surface area contributed by atoms with E-state index in [9.17, 15) is 33.6 Å². The van der Waals surface area contributed by atoms with E-state index < -0.39 is 85.0 Å². The van der Waals surface area contributed by atoms with Crippen LogP contribution in [-0.2, 0) is 33.6 Å². The highest BCUT2D eigenvalue weighted by atomic mass is 16.4. The molecular formula is C20H33N5O10. The van der Waals surface area contributed by atoms with Crippen LogP contribution in [0.1, 0.15) is 52.4 Å². The van der Waals surface area contributed by atoms with E-state index in [-0.39, 0.29) is 18.8 Å². The predicted octanol–water partition coefficient (Wildman–Crippen LogP) is -2.50. The second-order valence-electron chi connectivity index (χ2n) is 7.97. The van der Waals surface area contributed by atoms with E-state index in [0.29, 0.717) is 6.42 Å². The van der Waals surface area contributed by atoms with Crippen molar-refractivity contribution in [2.45, 2.75) is 76.5 Å². The molecule has 0 aliphatic rings. The van der Waals surface area contributed by atoms with E-state index in [1.54, 1.807) is 13.8 Å². The van der Waals surface area contributed by atoms with Gasteiger partial charge in [-0.2, -0.15) is 0 Å². The van der Waals surface area contributed by atoms with Gasteiger partial charge in [-0.05, 0) is 18.8 Å². The molecule has 0 radical (unpaired) electrons. The number of nitrogens with two attached hydrogens (primary N) is 2. The Morgan fingerprint density at radius 3 is 1.60 bits per heavy atom. The molecule has 15 nitrogen and oxygen atoms in total. The molecule has 0 spiro atoms. The van der Waals surface area contributed by atoms with Crippen LogP contribution in [0.5, 0.6) is 0 Å². The number of carboxylic acid groups (broad SMARTS) is 3. The molecule has 0 saturated heterocycles. The number of nitrogens with one attached hydrogen (secondary N) is 3. The minimum atomic E-state index is -1.84. The Morgan fingerprint density at radius 2 is 1.20 bits per heavy atom. The van der Waals surface area contributed by atoms with E-state index in [2.05, 4.69) is 10.6 Å². The summed E-state index contributed by atoms with van der Waals surface area (Å²) in [4.78, 5) is 82.2. The molecule has 198 valence electrons. The van der Waals surface area contributed by atoms with Crippen molar-refractivity contribution in [1.82, 2.24) is 16.0 Å². The van der Waals surface area contributed by atoms with Gasteiger partial charge in [0.2, 0.25) is 23.6 Å². The average Bonchev–Trinajstić information content (AvgIpc) is 2.76. The number of carbonyl (C=O) groups excluding carboxylic acids is 4. The van der Waals surface area contributed by atoms with Crippen LogP contribution in [0.25, 0.3) is 0 Å². The highest BCUT2D eigenvalue weighted by molar-refractivity contribution is 5.95. The fourth-order valence-electron chi connectivity index (χ4n) is 2.79. The zero-order valence-electron chi connectivity index (χ0n) is 19.5. The molecule has 35 heavy (non-hydrogen) atoms. The van der Waals surface area contributed by atoms with Crippen LogP contribution in [-0.4, -0.2) is 81.0 Å². The molecule has 0 fully saturated rings. The Hall–Kier alpha value is -3.75. The smallest absolute Gasteiger partial charge is 0.326 e. The number of hydrogen-bond donors (Lipinski definition) is 8. The predicted molar refractivity (Wildman–Crippen MR) is 118 cm³/mol. The van der Waals surface area contributed by atoms with Gasteiger partial charge in [0, 0.05) is 12.8 Å². The largest absolute Gasteiger partial charge is 0.481 e. The third-order valence-electron chi connectivity index (χ3n) is 5.15. The van der Waals surface area contributed by atoms with Crippen molar-refractivity contribution in [2.75, 3.05) is 0 Å². The summed E-state index contributed by atoms with van der Waals surface area (Å²) in [6.07, 6.45) is -2.06. The van der Waals surface area contributed by atoms with E-state index >= 15 is 0 Å². The van der Waals surface area contributed by atoms with Gasteiger partial charge >= 0.3 is 17.9 Å². The minimum Gasteiger partial charge on any atom is -0.481 e. The summed E-state index contributed by atoms with van der Waals surface area (Å²) in [5, 5.41) is 33.4. The van der Waals surface area contributed by atoms with Crippen LogP contribution in [0.2, 0.25) is 0 Å². The van der Waals surface area contributed by atoms with Gasteiger partial charge in [0.15, 0.2) is 0 Å². The van der Waals surface area contributed by atoms with Crippen molar-refractivity contribution in [3.8, 4) is 0 Å². The van der Waals surface area contributed by atoms with Gasteiger partial charge in [0.1, 0.15) is 18.1 Å². The van der Waals surface area contributed by atoms with E-state index in [4.69, 9.17) is 26.8 Å². The maximum atomic E-state index is 12.9. The molecule has 15 heteroatoms. The fourth-order valence-corrected chi connectivity index (χ4v) is 2.79. The molecule has 0 bridgehead atoms. The average molecular weight is 504 g/mol. The summed E-state index contributed by atoms with van der Waals surface area (Å²) in [6, 6.07) is -5.80. The summed E-state index contributed by atoms with van der Waals surface area (Å²) in [7, 11) is 0. The summed E-state index contributed by atoms with van der Waals surface area (Å²) in [5.74, 6) is -8.35. The molecule has 5 atom stereocenters. The van der Waals surface area contributed by atoms with Crippen molar-refractivity contribution in [3.05, 3.63) is 0 Å². The lowest BCUT2D eigenvalue weighted by Gasteiger charge is -2.25. The number of primary amides is 1. The second-order valence-corrected chi connectivity index (χ2v) is 7.97. The maximum absolute atomic E-state index is 12.9. The van der Waals surface area contributed by atoms with Crippen LogP contribution >= 0.6 is 0 Å². The first-order chi connectivity index (χ1) is 16.2. The van der Waals surface area contributed by atoms with Gasteiger partial charge in [-0.3, -0.25) is 28.8 Å². The zero-order valence-corrected chi connectivity index (χ0v) is 19.5. The van der Waals surface area contributed by atoms with Crippen molar-refractivity contribution >= 4 is 41.5 Å². The lowest BCUT2D eigenvalue weighted by atomic mass is 9.98. The van der Waals surface area contributed by atoms with E-state index in [1.807, 2.05) is 5.32 Å². The summed E-state index contributed by atoms with van der Waals surface area (Å²) >= 11 is 0. The Bertz CT molecular complexity index is 818. The number of carbonyl (C=O) groups is 7. The van der Waals surface area contributed by atoms with E-state index in [0.717, 1.165) is 0 Å². The molecule has 0 rings (SSSR count). The highest BCUT2D eigenvalue weighted by Crippen LogP contribution is 2.08. The summed E-state index contributed by atoms with van der Waals surface area (Å²) < 4.78 is 0. The Morgan fingerprint density at radius 1 is 0.743 bits per heavy atom. The van der Waals surface area contributed by atoms with Crippen molar-refractivity contribution in [2.24, 2.45) is 17.4 Å². The van der Waals surface area contributed by atoms with Gasteiger partial charge in [0.25, 0.3) is 0 Å². The van der Waals surface area contributed by atoms with Gasteiger partial charge in [0.05, 0.1) is 12.5 Å². The molecule has 0 heterocycles. The first kappa shape index (κ1) is 31.2. The van der Waals surface area contributed by atoms with Gasteiger partial charge in [-0.1, -0.05) is 20.3 Å². The molecule has 0 aromatic carbocycles. The number of hydrogen-bond acceptors (Lipinski definition) is 8. The molecular weight excluding hydrogens is 470 g/mol. The van der Waals surface area contributed by atoms with Crippen LogP contribution < -0.4 is 27.4 Å². The number of aliphatic carboxylic acids is 3. The monoisotopic (exact) mass is 503 g/mol. The Labute approximate surface area is 201 Å². The molecule has 0 saturated carbocycles. The summed E-state index contributed by atoms with van der Waals surface area (Å²) in [5.41, 5.74) is 11.0. The Kier molecular flexibility index (Phi) is 13.6. The highest BCUT2D eigenvalue weighted by Gasteiger charge is 2.32. The van der Waals surface area contributed by atoms with Crippen LogP contribution in [0.4, 0.5) is 0 Å². The standard InChI is InChI=1S/C20H33N5O10/c1-3-9(2)16(22)19(33)24-10(4-6-13(21)26)17(31)23-11(5-7-14(27)28)18(32)25-12(20(34)35)8-15(29)30/h9-12,16H,3-8,22H2,1-2H3,(H2,21,26)(H,23,31)(H,24,33)(H,25,32)(H,27,28)(H,29,30)(H,34,35). The normalized spacial score (nSPS) is 14.9. The fraction of sp³-hybridized carbons (Fsp3) is 0.650. The van der Waals surface area contributed by atoms with Gasteiger partial charge < -0.3 is 42.7 Å². The summed E-state index contributed by atoms with van der Waals surface area (Å²) in [6.45, 7) is 3.51. The molecule has 10 N–H and O–H groups in total. The van der Waals surface area contributed by atoms with Crippen molar-refractivity contribution in [3.63, 3.8) is 0 Å². The van der Waals surface area contributed by atoms with Crippen LogP contribution in [0.3, 0.4) is 0 Å². The number of rotatable bonds is 17. The Balaban J connectivity index is 5.69. The molecule has 4 amide bonds. The third-order valence-corrected chi connectivity index (χ3v) is 5.15. The molecule has 0 aromatic heterocycles. The molecule has 0 aliphatic carbocycles. The maximum Gasteiger partial charge on any atom is 0.326 e. The van der Waals surface area contributed by atoms with Gasteiger partial charge in [-0.25, -0.2) is 4.79 Å². The van der Waals surface area contributed by atoms with Crippen LogP contribution in [0.15, 0.2) is 0 Å². The first-order valence-corrected chi connectivity index (χ1v) is 10.8. The zero-order chi connectivity index (χ0) is 27.3. The SMILES string of the molecule is CCC(C)C(N)C(=O)NC(CCC(N)=O)C(=O)NC(CCC(=O)O)C(=O)NC(CC(=O)O)C(=O)O. The second kappa shape index (κ2) is 15.2. The topological polar surface area (TPSA) is 268 Å². The quantitative estimate of drug-likeness (QED) is 0.103. The molecule has 0 aliphatic heterocycles. The van der Waals surface area contributed by atoms with Crippen LogP contribution in [0, 0.1) is 5.92 Å². The first-order valence-electron chi connectivity index (χ1n) is 10.8. The number of carboxylic acids is 3. The van der Waals surface area contributed by atoms with E-state index in [1.165, 1.54) is 0 Å². The van der Waals surface area contributed by atoms with Gasteiger partial charge in [-0.15, -0.1) is 0 Å². The van der Waals surface area contributed by atoms with Crippen molar-refractivity contribution in [1.29, 1.82) is 0 Å². The number of amides is 4. The lowest BCUT2D eigenvalue weighted by molar-refractivity contribution is -0.147.